The number of hydrogen-bond acceptors (Lipinski definition) is 2. The second-order valence-electron chi connectivity index (χ2n) is 2.64. The average Bonchev–Trinajstić information content (AvgIpc) is 2.67. The number of benzene rings is 1. The van der Waals surface area contributed by atoms with Crippen LogP contribution >= 0.6 is 33.9 Å². The first-order valence-corrected chi connectivity index (χ1v) is 6.36. The monoisotopic (exact) mass is 451 g/mol. The molecule has 5 heteroatoms. The van der Waals surface area contributed by atoms with Gasteiger partial charge in [0, 0.05) is 15.4 Å². The smallest absolute Gasteiger partial charge is 1.00 e. The molecule has 0 aliphatic rings. The number of rotatable bonds is 2. The molecule has 15 heavy (non-hydrogen) atoms. The van der Waals surface area contributed by atoms with Crippen LogP contribution < -0.4 is 53.5 Å². The largest absolute Gasteiger partial charge is 1.00 e. The molecule has 1 heterocycles. The topological polar surface area (TPSA) is 12.9 Å². The van der Waals surface area contributed by atoms with Crippen LogP contribution in [0.25, 0.3) is 10.6 Å². The first kappa shape index (κ1) is 16.3. The summed E-state index contributed by atoms with van der Waals surface area (Å²) in [6.45, 7) is 0. The van der Waals surface area contributed by atoms with Crippen LogP contribution in [0.1, 0.15) is 5.69 Å². The van der Waals surface area contributed by atoms with Crippen molar-refractivity contribution in [2.75, 3.05) is 0 Å². The van der Waals surface area contributed by atoms with E-state index in [0.717, 1.165) is 9.44 Å². The molecule has 0 radical (unpaired) electrons. The van der Waals surface area contributed by atoms with E-state index < -0.39 is 0 Å². The van der Waals surface area contributed by atoms with Crippen molar-refractivity contribution in [1.29, 1.82) is 0 Å². The van der Waals surface area contributed by atoms with Gasteiger partial charge in [-0.05, 0) is 0 Å². The van der Waals surface area contributed by atoms with Gasteiger partial charge in [0.2, 0.25) is 0 Å². The van der Waals surface area contributed by atoms with Crippen molar-refractivity contribution in [2.24, 2.45) is 0 Å². The molecule has 0 atom stereocenters. The summed E-state index contributed by atoms with van der Waals surface area (Å²) < 4.78 is 0.987. The average molecular weight is 451 g/mol. The second-order valence-corrected chi connectivity index (χ2v) is 4.26. The van der Waals surface area contributed by atoms with Crippen molar-refractivity contribution in [1.82, 2.24) is 4.98 Å². The van der Waals surface area contributed by atoms with E-state index in [2.05, 4.69) is 45.1 Å². The summed E-state index contributed by atoms with van der Waals surface area (Å²) in [6, 6.07) is 10.3. The van der Waals surface area contributed by atoms with Crippen LogP contribution in [-0.2, 0) is 4.43 Å². The number of alkyl halides is 1. The number of aromatic nitrogens is 1. The summed E-state index contributed by atoms with van der Waals surface area (Å²) >= 11 is 4.04. The van der Waals surface area contributed by atoms with Crippen LogP contribution in [0.2, 0.25) is 0 Å². The molecule has 0 saturated carbocycles. The van der Waals surface area contributed by atoms with E-state index in [1.54, 1.807) is 11.3 Å². The molecule has 1 nitrogen and oxygen atoms in total. The molecular weight excluding hydrogens is 443 g/mol. The van der Waals surface area contributed by atoms with Crippen LogP contribution in [0.15, 0.2) is 35.7 Å². The predicted octanol–water partition coefficient (Wildman–Crippen LogP) is -2.25. The molecule has 1 aromatic heterocycles. The molecule has 0 fully saturated rings. The third-order valence-corrected chi connectivity index (χ3v) is 3.43. The Kier molecular flexibility index (Phi) is 9.14. The number of nitrogens with zero attached hydrogens (tertiary/aromatic N) is 1. The summed E-state index contributed by atoms with van der Waals surface area (Å²) in [7, 11) is 0. The Balaban J connectivity index is 0.000000980. The molecule has 0 saturated heterocycles. The van der Waals surface area contributed by atoms with Gasteiger partial charge in [0.25, 0.3) is 0 Å². The molecule has 0 spiro atoms. The van der Waals surface area contributed by atoms with Crippen LogP contribution in [0, 0.1) is 0 Å². The van der Waals surface area contributed by atoms with Gasteiger partial charge in [0.05, 0.1) is 5.69 Å². The Morgan fingerprint density at radius 3 is 2.40 bits per heavy atom. The van der Waals surface area contributed by atoms with Gasteiger partial charge in [-0.2, -0.15) is 0 Å². The zero-order chi connectivity index (χ0) is 9.10. The Bertz CT molecular complexity index is 391. The van der Waals surface area contributed by atoms with Crippen LogP contribution in [0.5, 0.6) is 0 Å². The third kappa shape index (κ3) is 4.59. The normalized spacial score (nSPS) is 8.87. The fraction of sp³-hybridized carbons (Fsp3) is 0.100. The summed E-state index contributed by atoms with van der Waals surface area (Å²) in [5.74, 6) is 0. The van der Waals surface area contributed by atoms with Crippen molar-refractivity contribution < 1.29 is 53.5 Å². The van der Waals surface area contributed by atoms with E-state index in [9.17, 15) is 0 Å². The van der Waals surface area contributed by atoms with Gasteiger partial charge >= 0.3 is 29.6 Å². The van der Waals surface area contributed by atoms with Gasteiger partial charge in [-0.15, -0.1) is 11.3 Å². The second kappa shape index (κ2) is 8.41. The maximum Gasteiger partial charge on any atom is 1.00 e. The van der Waals surface area contributed by atoms with Crippen LogP contribution in [-0.4, -0.2) is 4.98 Å². The summed E-state index contributed by atoms with van der Waals surface area (Å²) in [6.07, 6.45) is 0. The fourth-order valence-corrected chi connectivity index (χ4v) is 2.60. The van der Waals surface area contributed by atoms with Crippen molar-refractivity contribution in [3.05, 3.63) is 41.4 Å². The molecule has 0 aliphatic heterocycles. The molecule has 1 aromatic carbocycles. The maximum absolute atomic E-state index is 4.51. The van der Waals surface area contributed by atoms with Crippen molar-refractivity contribution in [2.45, 2.75) is 4.43 Å². The molecule has 0 bridgehead atoms. The van der Waals surface area contributed by atoms with Gasteiger partial charge in [0.1, 0.15) is 5.01 Å². The van der Waals surface area contributed by atoms with Crippen LogP contribution in [0.3, 0.4) is 0 Å². The molecule has 0 amide bonds. The Morgan fingerprint density at radius 2 is 1.87 bits per heavy atom. The third-order valence-electron chi connectivity index (χ3n) is 1.71. The SMILES string of the molecule is ICc1csc(-c2ccccc2)n1.[I-].[Na+]. The molecule has 0 unspecified atom stereocenters. The molecule has 2 rings (SSSR count). The first-order chi connectivity index (χ1) is 6.40. The summed E-state index contributed by atoms with van der Waals surface area (Å²) in [5, 5.41) is 3.24. The van der Waals surface area contributed by atoms with Crippen LogP contribution in [0.4, 0.5) is 0 Å². The van der Waals surface area contributed by atoms with Gasteiger partial charge in [-0.3, -0.25) is 0 Å². The zero-order valence-electron chi connectivity index (χ0n) is 8.28. The van der Waals surface area contributed by atoms with Gasteiger partial charge < -0.3 is 24.0 Å². The van der Waals surface area contributed by atoms with Gasteiger partial charge in [-0.25, -0.2) is 4.98 Å². The first-order valence-electron chi connectivity index (χ1n) is 3.96. The van der Waals surface area contributed by atoms with Gasteiger partial charge in [0.15, 0.2) is 0 Å². The van der Waals surface area contributed by atoms with Crippen molar-refractivity contribution in [3.63, 3.8) is 0 Å². The predicted molar refractivity (Wildman–Crippen MR) is 65.3 cm³/mol. The number of halogens is 2. The maximum atomic E-state index is 4.51. The molecule has 0 aliphatic carbocycles. The molecule has 74 valence electrons. The minimum atomic E-state index is 0. The number of thiazole rings is 1. The number of hydrogen-bond donors (Lipinski definition) is 0. The quantitative estimate of drug-likeness (QED) is 0.286. The van der Waals surface area contributed by atoms with E-state index in [-0.39, 0.29) is 53.5 Å². The zero-order valence-corrected chi connectivity index (χ0v) is 15.4. The summed E-state index contributed by atoms with van der Waals surface area (Å²) in [5.41, 5.74) is 2.38. The molecule has 0 N–H and O–H groups in total. The molecular formula is C10H8I2NNaS. The fourth-order valence-electron chi connectivity index (χ4n) is 1.08. The van der Waals surface area contributed by atoms with Gasteiger partial charge in [-0.1, -0.05) is 52.9 Å². The Labute approximate surface area is 147 Å². The van der Waals surface area contributed by atoms with E-state index in [0.29, 0.717) is 0 Å². The molecule has 2 aromatic rings. The van der Waals surface area contributed by atoms with E-state index in [1.807, 2.05) is 18.2 Å². The van der Waals surface area contributed by atoms with Crippen molar-refractivity contribution in [3.8, 4) is 10.6 Å². The minimum absolute atomic E-state index is 0. The Hall–Kier alpha value is 1.31. The van der Waals surface area contributed by atoms with E-state index in [4.69, 9.17) is 0 Å². The Morgan fingerprint density at radius 1 is 1.20 bits per heavy atom. The standard InChI is InChI=1S/C10H8INS.HI.Na/c11-6-9-7-13-10(12-9)8-4-2-1-3-5-8;;/h1-5,7H,6H2;1H;/q;;+1/p-1. The minimum Gasteiger partial charge on any atom is -1.00 e. The van der Waals surface area contributed by atoms with Crippen molar-refractivity contribution >= 4 is 33.9 Å². The van der Waals surface area contributed by atoms with E-state index >= 15 is 0 Å². The summed E-state index contributed by atoms with van der Waals surface area (Å²) in [4.78, 5) is 4.51. The van der Waals surface area contributed by atoms with E-state index in [1.165, 1.54) is 11.3 Å².